The first-order chi connectivity index (χ1) is 15.6. The Balaban J connectivity index is 1.79. The lowest BCUT2D eigenvalue weighted by Crippen LogP contribution is -2.07. The van der Waals surface area contributed by atoms with Crippen LogP contribution in [0.15, 0.2) is 79.1 Å². The molecule has 0 fully saturated rings. The molecule has 0 spiro atoms. The van der Waals surface area contributed by atoms with Crippen LogP contribution >= 0.6 is 0 Å². The largest absolute Gasteiger partial charge is 0.378 e. The van der Waals surface area contributed by atoms with Crippen molar-refractivity contribution in [1.82, 2.24) is 4.40 Å². The molecule has 2 heterocycles. The maximum Gasteiger partial charge on any atom is 0.0494 e. The second-order valence-corrected chi connectivity index (χ2v) is 9.16. The molecule has 0 saturated heterocycles. The van der Waals surface area contributed by atoms with E-state index in [2.05, 4.69) is 116 Å². The fourth-order valence-corrected chi connectivity index (χ4v) is 4.67. The molecule has 1 unspecified atom stereocenters. The predicted octanol–water partition coefficient (Wildman–Crippen LogP) is 8.10. The molecule has 2 nitrogen and oxygen atoms in total. The van der Waals surface area contributed by atoms with E-state index >= 15 is 0 Å². The third-order valence-electron chi connectivity index (χ3n) is 6.73. The Morgan fingerprint density at radius 2 is 1.59 bits per heavy atom. The van der Waals surface area contributed by atoms with Crippen LogP contribution in [0.2, 0.25) is 0 Å². The van der Waals surface area contributed by atoms with Crippen LogP contribution in [0.1, 0.15) is 45.1 Å². The number of fused-ring (bicyclic) bond motifs is 1. The van der Waals surface area contributed by atoms with Crippen LogP contribution in [0.4, 0.5) is 5.69 Å². The summed E-state index contributed by atoms with van der Waals surface area (Å²) in [5, 5.41) is 0. The number of rotatable bonds is 9. The first kappa shape index (κ1) is 22.2. The normalized spacial score (nSPS) is 12.2. The lowest BCUT2D eigenvalue weighted by molar-refractivity contribution is 0.450. The zero-order valence-electron chi connectivity index (χ0n) is 20.0. The van der Waals surface area contributed by atoms with E-state index in [1.165, 1.54) is 64.7 Å². The minimum atomic E-state index is 0.728. The summed E-state index contributed by atoms with van der Waals surface area (Å²) in [7, 11) is 4.17. The molecule has 0 N–H and O–H groups in total. The summed E-state index contributed by atoms with van der Waals surface area (Å²) in [6.07, 6.45) is 10.8. The Morgan fingerprint density at radius 3 is 2.25 bits per heavy atom. The van der Waals surface area contributed by atoms with Gasteiger partial charge in [-0.2, -0.15) is 0 Å². The Hall–Kier alpha value is -3.00. The van der Waals surface area contributed by atoms with Gasteiger partial charge in [0.2, 0.25) is 0 Å². The van der Waals surface area contributed by atoms with Crippen LogP contribution in [0.3, 0.4) is 0 Å². The fraction of sp³-hybridized carbons (Fsp3) is 0.333. The molecule has 2 aromatic carbocycles. The average molecular weight is 425 g/mol. The molecule has 4 rings (SSSR count). The van der Waals surface area contributed by atoms with Crippen molar-refractivity contribution < 1.29 is 0 Å². The molecule has 0 aliphatic carbocycles. The lowest BCUT2D eigenvalue weighted by Gasteiger charge is -2.16. The average Bonchev–Trinajstić information content (AvgIpc) is 3.19. The van der Waals surface area contributed by atoms with E-state index < -0.39 is 0 Å². The number of aromatic nitrogens is 1. The van der Waals surface area contributed by atoms with Crippen molar-refractivity contribution in [2.45, 2.75) is 46.0 Å². The molecule has 1 atom stereocenters. The Bertz CT molecular complexity index is 1140. The molecule has 4 aromatic rings. The molecule has 0 radical (unpaired) electrons. The maximum atomic E-state index is 2.39. The minimum absolute atomic E-state index is 0.728. The topological polar surface area (TPSA) is 7.65 Å². The predicted molar refractivity (Wildman–Crippen MR) is 140 cm³/mol. The van der Waals surface area contributed by atoms with E-state index in [9.17, 15) is 0 Å². The number of benzene rings is 2. The minimum Gasteiger partial charge on any atom is -0.378 e. The monoisotopic (exact) mass is 424 g/mol. The number of nitrogens with zero attached hydrogens (tertiary/aromatic N) is 2. The van der Waals surface area contributed by atoms with Gasteiger partial charge in [-0.05, 0) is 58.9 Å². The fourth-order valence-electron chi connectivity index (χ4n) is 4.67. The van der Waals surface area contributed by atoms with Gasteiger partial charge in [-0.25, -0.2) is 0 Å². The van der Waals surface area contributed by atoms with Crippen LogP contribution in [-0.2, 0) is 6.42 Å². The Morgan fingerprint density at radius 1 is 0.844 bits per heavy atom. The van der Waals surface area contributed by atoms with Gasteiger partial charge in [-0.3, -0.25) is 0 Å². The Kier molecular flexibility index (Phi) is 6.99. The number of pyridine rings is 1. The molecule has 0 amide bonds. The van der Waals surface area contributed by atoms with Gasteiger partial charge in [0.15, 0.2) is 0 Å². The molecular weight excluding hydrogens is 388 g/mol. The van der Waals surface area contributed by atoms with Gasteiger partial charge in [-0.15, -0.1) is 0 Å². The van der Waals surface area contributed by atoms with E-state index in [0.29, 0.717) is 0 Å². The first-order valence-electron chi connectivity index (χ1n) is 12.1. The second-order valence-electron chi connectivity index (χ2n) is 9.16. The van der Waals surface area contributed by atoms with Crippen molar-refractivity contribution in [3.05, 3.63) is 84.7 Å². The molecule has 0 bridgehead atoms. The van der Waals surface area contributed by atoms with Gasteiger partial charge in [0, 0.05) is 43.3 Å². The number of hydrogen-bond donors (Lipinski definition) is 0. The number of unbranched alkanes of at least 4 members (excludes halogenated alkanes) is 1. The van der Waals surface area contributed by atoms with Crippen molar-refractivity contribution in [2.75, 3.05) is 19.0 Å². The lowest BCUT2D eigenvalue weighted by atomic mass is 9.89. The van der Waals surface area contributed by atoms with Gasteiger partial charge in [-0.1, -0.05) is 82.0 Å². The summed E-state index contributed by atoms with van der Waals surface area (Å²) in [6, 6.07) is 24.4. The zero-order chi connectivity index (χ0) is 22.5. The first-order valence-corrected chi connectivity index (χ1v) is 12.1. The van der Waals surface area contributed by atoms with Crippen LogP contribution in [-0.4, -0.2) is 18.5 Å². The van der Waals surface area contributed by atoms with Gasteiger partial charge in [0.05, 0.1) is 0 Å². The second kappa shape index (κ2) is 10.1. The summed E-state index contributed by atoms with van der Waals surface area (Å²) in [6.45, 7) is 4.64. The van der Waals surface area contributed by atoms with Gasteiger partial charge >= 0.3 is 0 Å². The van der Waals surface area contributed by atoms with E-state index in [4.69, 9.17) is 0 Å². The summed E-state index contributed by atoms with van der Waals surface area (Å²) in [4.78, 5) is 2.14. The molecule has 2 aromatic heterocycles. The highest BCUT2D eigenvalue weighted by Gasteiger charge is 2.17. The van der Waals surface area contributed by atoms with E-state index in [0.717, 1.165) is 12.3 Å². The van der Waals surface area contributed by atoms with E-state index in [1.807, 2.05) is 0 Å². The summed E-state index contributed by atoms with van der Waals surface area (Å²) in [5.41, 5.74) is 9.30. The van der Waals surface area contributed by atoms with Crippen molar-refractivity contribution in [2.24, 2.45) is 5.92 Å². The van der Waals surface area contributed by atoms with E-state index in [1.54, 1.807) is 0 Å². The third kappa shape index (κ3) is 4.75. The van der Waals surface area contributed by atoms with Crippen LogP contribution in [0, 0.1) is 5.92 Å². The highest BCUT2D eigenvalue weighted by Crippen LogP contribution is 2.34. The summed E-state index contributed by atoms with van der Waals surface area (Å²) < 4.78 is 2.32. The van der Waals surface area contributed by atoms with Crippen molar-refractivity contribution in [1.29, 1.82) is 0 Å². The number of hydrogen-bond acceptors (Lipinski definition) is 1. The maximum absolute atomic E-state index is 2.39. The van der Waals surface area contributed by atoms with Crippen molar-refractivity contribution >= 4 is 11.2 Å². The standard InChI is InChI=1S/C30H36N2/c1-5-7-11-23(6-2)20-28-29(25-12-9-8-10-13-25)22-32-19-18-26(21-30(28)32)24-14-16-27(17-15-24)31(3)4/h8-10,12-19,21-23H,5-7,11,20H2,1-4H3. The number of anilines is 1. The molecule has 0 aliphatic heterocycles. The molecule has 2 heteroatoms. The highest BCUT2D eigenvalue weighted by molar-refractivity contribution is 5.80. The van der Waals surface area contributed by atoms with Gasteiger partial charge in [0.25, 0.3) is 0 Å². The zero-order valence-corrected chi connectivity index (χ0v) is 20.0. The smallest absolute Gasteiger partial charge is 0.0494 e. The van der Waals surface area contributed by atoms with Crippen LogP contribution < -0.4 is 4.90 Å². The molecule has 0 aliphatic rings. The summed E-state index contributed by atoms with van der Waals surface area (Å²) in [5.74, 6) is 0.728. The van der Waals surface area contributed by atoms with Gasteiger partial charge in [0.1, 0.15) is 0 Å². The van der Waals surface area contributed by atoms with Crippen LogP contribution in [0.5, 0.6) is 0 Å². The summed E-state index contributed by atoms with van der Waals surface area (Å²) >= 11 is 0. The highest BCUT2D eigenvalue weighted by atomic mass is 15.1. The molecular formula is C30H36N2. The SMILES string of the molecule is CCCCC(CC)Cc1c(-c2ccccc2)cn2ccc(-c3ccc(N(C)C)cc3)cc12. The van der Waals surface area contributed by atoms with Crippen molar-refractivity contribution in [3.63, 3.8) is 0 Å². The molecule has 166 valence electrons. The van der Waals surface area contributed by atoms with Crippen molar-refractivity contribution in [3.8, 4) is 22.3 Å². The van der Waals surface area contributed by atoms with E-state index in [-0.39, 0.29) is 0 Å². The van der Waals surface area contributed by atoms with Crippen LogP contribution in [0.25, 0.3) is 27.8 Å². The molecule has 0 saturated carbocycles. The Labute approximate surface area is 193 Å². The quantitative estimate of drug-likeness (QED) is 0.263. The molecule has 32 heavy (non-hydrogen) atoms. The third-order valence-corrected chi connectivity index (χ3v) is 6.73. The van der Waals surface area contributed by atoms with Gasteiger partial charge < -0.3 is 9.30 Å².